The Bertz CT molecular complexity index is 295. The van der Waals surface area contributed by atoms with E-state index in [4.69, 9.17) is 5.11 Å². The van der Waals surface area contributed by atoms with Gasteiger partial charge in [0.15, 0.2) is 0 Å². The number of unbranched alkanes of at least 4 members (excludes halogenated alkanes) is 6. The summed E-state index contributed by atoms with van der Waals surface area (Å²) >= 11 is 0. The average Bonchev–Trinajstić information content (AvgIpc) is 2.45. The Hall–Kier alpha value is -1.09. The fourth-order valence-corrected chi connectivity index (χ4v) is 2.12. The molecule has 0 aromatic rings. The van der Waals surface area contributed by atoms with Gasteiger partial charge in [-0.1, -0.05) is 63.3 Å². The van der Waals surface area contributed by atoms with E-state index < -0.39 is 12.1 Å². The SMILES string of the molecule is CCCCCCC=CCC=C[C@@H](O)CCCCCC(=O)O. The van der Waals surface area contributed by atoms with Crippen molar-refractivity contribution in [3.63, 3.8) is 0 Å². The minimum atomic E-state index is -0.739. The van der Waals surface area contributed by atoms with Crippen LogP contribution in [0, 0.1) is 0 Å². The van der Waals surface area contributed by atoms with Gasteiger partial charge >= 0.3 is 5.97 Å². The first-order valence-electron chi connectivity index (χ1n) is 8.38. The van der Waals surface area contributed by atoms with Gasteiger partial charge in [0.1, 0.15) is 0 Å². The summed E-state index contributed by atoms with van der Waals surface area (Å²) < 4.78 is 0. The second kappa shape index (κ2) is 15.3. The Kier molecular flexibility index (Phi) is 14.5. The van der Waals surface area contributed by atoms with Gasteiger partial charge in [0.2, 0.25) is 0 Å². The smallest absolute Gasteiger partial charge is 0.303 e. The van der Waals surface area contributed by atoms with E-state index in [9.17, 15) is 9.90 Å². The predicted octanol–water partition coefficient (Wildman–Crippen LogP) is 4.86. The monoisotopic (exact) mass is 296 g/mol. The van der Waals surface area contributed by atoms with Crippen LogP contribution < -0.4 is 0 Å². The minimum absolute atomic E-state index is 0.231. The van der Waals surface area contributed by atoms with Crippen LogP contribution in [-0.2, 0) is 4.79 Å². The highest BCUT2D eigenvalue weighted by Gasteiger charge is 2.00. The maximum absolute atomic E-state index is 10.3. The summed E-state index contributed by atoms with van der Waals surface area (Å²) in [6.45, 7) is 2.22. The van der Waals surface area contributed by atoms with Crippen LogP contribution in [0.15, 0.2) is 24.3 Å². The molecule has 1 atom stereocenters. The molecule has 0 saturated heterocycles. The van der Waals surface area contributed by atoms with Gasteiger partial charge in [-0.3, -0.25) is 4.79 Å². The maximum Gasteiger partial charge on any atom is 0.303 e. The van der Waals surface area contributed by atoms with Crippen molar-refractivity contribution < 1.29 is 15.0 Å². The van der Waals surface area contributed by atoms with Crippen LogP contribution >= 0.6 is 0 Å². The number of carboxylic acids is 1. The zero-order valence-electron chi connectivity index (χ0n) is 13.5. The number of allylic oxidation sites excluding steroid dienone is 3. The quantitative estimate of drug-likeness (QED) is 0.355. The molecule has 0 spiro atoms. The second-order valence-corrected chi connectivity index (χ2v) is 5.55. The van der Waals surface area contributed by atoms with Gasteiger partial charge in [-0.15, -0.1) is 0 Å². The molecule has 0 amide bonds. The van der Waals surface area contributed by atoms with Crippen LogP contribution in [0.1, 0.15) is 77.6 Å². The van der Waals surface area contributed by atoms with Crippen LogP contribution in [0.2, 0.25) is 0 Å². The third kappa shape index (κ3) is 16.9. The highest BCUT2D eigenvalue weighted by atomic mass is 16.4. The molecule has 0 bridgehead atoms. The van der Waals surface area contributed by atoms with E-state index in [0.717, 1.165) is 32.1 Å². The summed E-state index contributed by atoms with van der Waals surface area (Å²) in [5.74, 6) is -0.739. The van der Waals surface area contributed by atoms with Gasteiger partial charge in [0.25, 0.3) is 0 Å². The van der Waals surface area contributed by atoms with Crippen molar-refractivity contribution in [1.82, 2.24) is 0 Å². The van der Waals surface area contributed by atoms with Crippen molar-refractivity contribution in [2.45, 2.75) is 83.7 Å². The predicted molar refractivity (Wildman–Crippen MR) is 88.4 cm³/mol. The third-order valence-corrected chi connectivity index (χ3v) is 3.41. The first-order chi connectivity index (χ1) is 10.2. The molecule has 0 aromatic heterocycles. The fourth-order valence-electron chi connectivity index (χ4n) is 2.12. The van der Waals surface area contributed by atoms with E-state index in [0.29, 0.717) is 6.42 Å². The third-order valence-electron chi connectivity index (χ3n) is 3.41. The Balaban J connectivity index is 3.42. The van der Waals surface area contributed by atoms with Crippen molar-refractivity contribution in [2.24, 2.45) is 0 Å². The summed E-state index contributed by atoms with van der Waals surface area (Å²) in [5.41, 5.74) is 0. The molecule has 0 aliphatic heterocycles. The van der Waals surface area contributed by atoms with Gasteiger partial charge in [-0.05, 0) is 32.1 Å². The molecule has 0 heterocycles. The molecule has 3 nitrogen and oxygen atoms in total. The summed E-state index contributed by atoms with van der Waals surface area (Å²) in [6, 6.07) is 0. The fraction of sp³-hybridized carbons (Fsp3) is 0.722. The summed E-state index contributed by atoms with van der Waals surface area (Å²) in [4.78, 5) is 10.3. The molecule has 3 heteroatoms. The summed E-state index contributed by atoms with van der Waals surface area (Å²) in [5, 5.41) is 18.2. The number of aliphatic hydroxyl groups is 1. The number of aliphatic hydroxyl groups excluding tert-OH is 1. The van der Waals surface area contributed by atoms with Gasteiger partial charge in [0.05, 0.1) is 6.10 Å². The zero-order chi connectivity index (χ0) is 15.8. The number of rotatable bonds is 14. The van der Waals surface area contributed by atoms with E-state index in [-0.39, 0.29) is 6.42 Å². The van der Waals surface area contributed by atoms with Crippen molar-refractivity contribution in [1.29, 1.82) is 0 Å². The molecule has 0 aliphatic carbocycles. The Morgan fingerprint density at radius 1 is 1.00 bits per heavy atom. The van der Waals surface area contributed by atoms with Gasteiger partial charge in [-0.25, -0.2) is 0 Å². The normalized spacial score (nSPS) is 13.2. The molecule has 0 aliphatic rings. The molecule has 0 saturated carbocycles. The Labute approximate surface area is 129 Å². The lowest BCUT2D eigenvalue weighted by Crippen LogP contribution is -2.01. The molecule has 122 valence electrons. The average molecular weight is 296 g/mol. The van der Waals surface area contributed by atoms with E-state index in [1.807, 2.05) is 12.2 Å². The lowest BCUT2D eigenvalue weighted by molar-refractivity contribution is -0.137. The zero-order valence-corrected chi connectivity index (χ0v) is 13.5. The molecule has 2 N–H and O–H groups in total. The molecule has 0 rings (SSSR count). The number of aliphatic carboxylic acids is 1. The maximum atomic E-state index is 10.3. The lowest BCUT2D eigenvalue weighted by atomic mass is 10.1. The molecule has 0 unspecified atom stereocenters. The molecular weight excluding hydrogens is 264 g/mol. The molecule has 0 radical (unpaired) electrons. The molecule has 21 heavy (non-hydrogen) atoms. The molecule has 0 fully saturated rings. The highest BCUT2D eigenvalue weighted by Crippen LogP contribution is 2.07. The van der Waals surface area contributed by atoms with Gasteiger partial charge in [-0.2, -0.15) is 0 Å². The number of hydrogen-bond acceptors (Lipinski definition) is 2. The van der Waals surface area contributed by atoms with E-state index in [2.05, 4.69) is 19.1 Å². The topological polar surface area (TPSA) is 57.5 Å². The van der Waals surface area contributed by atoms with Crippen molar-refractivity contribution >= 4 is 5.97 Å². The second-order valence-electron chi connectivity index (χ2n) is 5.55. The van der Waals surface area contributed by atoms with E-state index in [1.54, 1.807) is 0 Å². The van der Waals surface area contributed by atoms with Gasteiger partial charge in [0, 0.05) is 6.42 Å². The van der Waals surface area contributed by atoms with E-state index in [1.165, 1.54) is 25.7 Å². The molecule has 0 aromatic carbocycles. The lowest BCUT2D eigenvalue weighted by Gasteiger charge is -2.04. The van der Waals surface area contributed by atoms with Crippen LogP contribution in [0.25, 0.3) is 0 Å². The number of carbonyl (C=O) groups is 1. The van der Waals surface area contributed by atoms with Crippen molar-refractivity contribution in [3.05, 3.63) is 24.3 Å². The first-order valence-corrected chi connectivity index (χ1v) is 8.38. The van der Waals surface area contributed by atoms with Crippen LogP contribution in [0.3, 0.4) is 0 Å². The summed E-state index contributed by atoms with van der Waals surface area (Å²) in [7, 11) is 0. The van der Waals surface area contributed by atoms with Crippen molar-refractivity contribution in [3.8, 4) is 0 Å². The van der Waals surface area contributed by atoms with Crippen molar-refractivity contribution in [2.75, 3.05) is 0 Å². The van der Waals surface area contributed by atoms with Crippen LogP contribution in [0.4, 0.5) is 0 Å². The molecular formula is C18H32O3. The van der Waals surface area contributed by atoms with Gasteiger partial charge < -0.3 is 10.2 Å². The van der Waals surface area contributed by atoms with E-state index >= 15 is 0 Å². The summed E-state index contributed by atoms with van der Waals surface area (Å²) in [6.07, 6.45) is 18.5. The first kappa shape index (κ1) is 19.9. The van der Waals surface area contributed by atoms with Crippen LogP contribution in [0.5, 0.6) is 0 Å². The highest BCUT2D eigenvalue weighted by molar-refractivity contribution is 5.66. The minimum Gasteiger partial charge on any atom is -0.481 e. The Morgan fingerprint density at radius 2 is 1.76 bits per heavy atom. The number of carboxylic acid groups (broad SMARTS) is 1. The Morgan fingerprint density at radius 3 is 2.48 bits per heavy atom. The van der Waals surface area contributed by atoms with Crippen LogP contribution in [-0.4, -0.2) is 22.3 Å². The largest absolute Gasteiger partial charge is 0.481 e. The standard InChI is InChI=1S/C18H32O3/c1-2-3-4-5-6-7-8-9-11-14-17(19)15-12-10-13-16-18(20)21/h7-8,11,14,17,19H,2-6,9-10,12-13,15-16H2,1H3,(H,20,21)/t17-/m1/s1. The number of hydrogen-bond donors (Lipinski definition) is 2.